The number of ketones is 1. The highest BCUT2D eigenvalue weighted by molar-refractivity contribution is 6.33. The second-order valence-corrected chi connectivity index (χ2v) is 8.02. The van der Waals surface area contributed by atoms with Crippen molar-refractivity contribution in [3.05, 3.63) is 75.3 Å². The van der Waals surface area contributed by atoms with Crippen molar-refractivity contribution in [2.24, 2.45) is 5.92 Å². The Kier molecular flexibility index (Phi) is 6.87. The molecule has 162 valence electrons. The molecule has 2 aromatic carbocycles. The van der Waals surface area contributed by atoms with Crippen molar-refractivity contribution in [1.82, 2.24) is 9.78 Å². The quantitative estimate of drug-likeness (QED) is 0.559. The molecular formula is C23H23ClFN3O3. The number of aliphatic hydroxyl groups excluding tert-OH is 1. The van der Waals surface area contributed by atoms with E-state index in [2.05, 4.69) is 5.10 Å². The number of carbonyl (C=O) groups excluding carboxylic acids is 1. The Hall–Kier alpha value is -3.03. The molecule has 3 aromatic rings. The number of Topliss-reactive ketones (excluding diaryl/α,β-unsaturated/α-hetero) is 1. The number of hydrogen-bond acceptors (Lipinski definition) is 5. The summed E-state index contributed by atoms with van der Waals surface area (Å²) in [5.74, 6) is -1.26. The molecule has 0 saturated carbocycles. The van der Waals surface area contributed by atoms with Crippen LogP contribution < -0.4 is 10.5 Å². The van der Waals surface area contributed by atoms with Crippen LogP contribution in [0.3, 0.4) is 0 Å². The van der Waals surface area contributed by atoms with Gasteiger partial charge in [-0.2, -0.15) is 9.78 Å². The van der Waals surface area contributed by atoms with Gasteiger partial charge in [-0.1, -0.05) is 30.7 Å². The first kappa shape index (κ1) is 22.7. The van der Waals surface area contributed by atoms with Gasteiger partial charge in [-0.25, -0.2) is 4.39 Å². The summed E-state index contributed by atoms with van der Waals surface area (Å²) in [4.78, 5) is 27.7. The van der Waals surface area contributed by atoms with Gasteiger partial charge in [-0.3, -0.25) is 9.59 Å². The Labute approximate surface area is 184 Å². The van der Waals surface area contributed by atoms with Crippen molar-refractivity contribution < 1.29 is 14.3 Å². The van der Waals surface area contributed by atoms with Crippen molar-refractivity contribution in [2.75, 3.05) is 25.6 Å². The first-order valence-corrected chi connectivity index (χ1v) is 10.1. The number of aliphatic hydroxyl groups is 1. The Morgan fingerprint density at radius 1 is 1.23 bits per heavy atom. The summed E-state index contributed by atoms with van der Waals surface area (Å²) >= 11 is 6.39. The van der Waals surface area contributed by atoms with Gasteiger partial charge >= 0.3 is 0 Å². The second kappa shape index (κ2) is 9.41. The van der Waals surface area contributed by atoms with E-state index in [-0.39, 0.29) is 30.2 Å². The van der Waals surface area contributed by atoms with E-state index in [0.717, 1.165) is 10.4 Å². The topological polar surface area (TPSA) is 75.4 Å². The molecular weight excluding hydrogens is 421 g/mol. The van der Waals surface area contributed by atoms with Gasteiger partial charge in [0, 0.05) is 32.7 Å². The Morgan fingerprint density at radius 3 is 2.58 bits per heavy atom. The van der Waals surface area contributed by atoms with Crippen LogP contribution in [-0.2, 0) is 0 Å². The minimum atomic E-state index is -0.652. The molecule has 0 radical (unpaired) electrons. The smallest absolute Gasteiger partial charge is 0.282 e. The molecule has 0 saturated heterocycles. The van der Waals surface area contributed by atoms with Crippen molar-refractivity contribution >= 4 is 23.1 Å². The van der Waals surface area contributed by atoms with Crippen molar-refractivity contribution in [2.45, 2.75) is 13.3 Å². The van der Waals surface area contributed by atoms with Crippen LogP contribution >= 0.6 is 11.6 Å². The Bertz CT molecular complexity index is 1180. The van der Waals surface area contributed by atoms with Crippen LogP contribution in [0.5, 0.6) is 0 Å². The molecule has 0 aliphatic rings. The van der Waals surface area contributed by atoms with Gasteiger partial charge in [0.05, 0.1) is 27.7 Å². The van der Waals surface area contributed by atoms with Crippen LogP contribution in [0.4, 0.5) is 10.1 Å². The summed E-state index contributed by atoms with van der Waals surface area (Å²) in [6.45, 7) is 1.54. The molecule has 0 amide bonds. The fourth-order valence-corrected chi connectivity index (χ4v) is 3.49. The van der Waals surface area contributed by atoms with Crippen LogP contribution in [0.2, 0.25) is 5.02 Å². The van der Waals surface area contributed by atoms with E-state index >= 15 is 0 Å². The SMILES string of the molecule is C[C@@H](CO)CC(=O)c1cc(-c2ccc(N(C)C)c(Cl)c2)nn(-c2cccc(F)c2)c1=O. The molecule has 8 heteroatoms. The molecule has 0 spiro atoms. The summed E-state index contributed by atoms with van der Waals surface area (Å²) < 4.78 is 14.8. The average molecular weight is 444 g/mol. The molecule has 1 heterocycles. The van der Waals surface area contributed by atoms with Gasteiger partial charge in [0.2, 0.25) is 0 Å². The molecule has 3 rings (SSSR count). The fraction of sp³-hybridized carbons (Fsp3) is 0.261. The lowest BCUT2D eigenvalue weighted by Crippen LogP contribution is -2.28. The number of aromatic nitrogens is 2. The van der Waals surface area contributed by atoms with E-state index in [1.807, 2.05) is 25.1 Å². The average Bonchev–Trinajstić information content (AvgIpc) is 2.73. The maximum Gasteiger partial charge on any atom is 0.282 e. The molecule has 1 aromatic heterocycles. The first-order valence-electron chi connectivity index (χ1n) is 9.73. The maximum absolute atomic E-state index is 13.8. The summed E-state index contributed by atoms with van der Waals surface area (Å²) in [6, 6.07) is 12.1. The fourth-order valence-electron chi connectivity index (χ4n) is 3.14. The number of benzene rings is 2. The number of carbonyl (C=O) groups is 1. The van der Waals surface area contributed by atoms with Gasteiger partial charge < -0.3 is 10.0 Å². The number of anilines is 1. The molecule has 0 aliphatic carbocycles. The highest BCUT2D eigenvalue weighted by Gasteiger charge is 2.20. The van der Waals surface area contributed by atoms with Gasteiger partial charge in [-0.05, 0) is 42.3 Å². The molecule has 0 bridgehead atoms. The zero-order chi connectivity index (χ0) is 22.7. The molecule has 1 atom stereocenters. The third-order valence-electron chi connectivity index (χ3n) is 4.84. The molecule has 6 nitrogen and oxygen atoms in total. The Morgan fingerprint density at radius 2 is 1.97 bits per heavy atom. The van der Waals surface area contributed by atoms with Crippen molar-refractivity contribution in [1.29, 1.82) is 0 Å². The summed E-state index contributed by atoms with van der Waals surface area (Å²) in [5.41, 5.74) is 1.22. The van der Waals surface area contributed by atoms with Crippen LogP contribution in [0.25, 0.3) is 16.9 Å². The standard InChI is InChI=1S/C23H23ClFN3O3/c1-14(13-29)9-22(30)18-12-20(15-7-8-21(27(2)3)19(24)10-15)26-28(23(18)31)17-6-4-5-16(25)11-17/h4-8,10-12,14,29H,9,13H2,1-3H3/t14-/m1/s1. The summed E-state index contributed by atoms with van der Waals surface area (Å²) in [7, 11) is 3.73. The lowest BCUT2D eigenvalue weighted by Gasteiger charge is -2.16. The second-order valence-electron chi connectivity index (χ2n) is 7.62. The Balaban J connectivity index is 2.21. The third kappa shape index (κ3) is 5.00. The normalized spacial score (nSPS) is 11.9. The molecule has 31 heavy (non-hydrogen) atoms. The summed E-state index contributed by atoms with van der Waals surface area (Å²) in [6.07, 6.45) is -0.00132. The molecule has 1 N–H and O–H groups in total. The number of rotatable bonds is 7. The molecule has 0 aliphatic heterocycles. The third-order valence-corrected chi connectivity index (χ3v) is 5.14. The van der Waals surface area contributed by atoms with E-state index in [4.69, 9.17) is 11.6 Å². The number of hydrogen-bond donors (Lipinski definition) is 1. The van der Waals surface area contributed by atoms with Gasteiger partial charge in [-0.15, -0.1) is 0 Å². The van der Waals surface area contributed by atoms with E-state index in [9.17, 15) is 19.1 Å². The lowest BCUT2D eigenvalue weighted by atomic mass is 10.00. The maximum atomic E-state index is 13.8. The zero-order valence-electron chi connectivity index (χ0n) is 17.5. The summed E-state index contributed by atoms with van der Waals surface area (Å²) in [5, 5.41) is 14.1. The van der Waals surface area contributed by atoms with E-state index < -0.39 is 17.2 Å². The van der Waals surface area contributed by atoms with Crippen LogP contribution in [0.1, 0.15) is 23.7 Å². The minimum Gasteiger partial charge on any atom is -0.396 e. The highest BCUT2D eigenvalue weighted by atomic mass is 35.5. The van der Waals surface area contributed by atoms with E-state index in [1.54, 1.807) is 19.1 Å². The first-order chi connectivity index (χ1) is 14.7. The highest BCUT2D eigenvalue weighted by Crippen LogP contribution is 2.29. The van der Waals surface area contributed by atoms with Crippen LogP contribution in [0.15, 0.2) is 53.3 Å². The van der Waals surface area contributed by atoms with Gasteiger partial charge in [0.25, 0.3) is 5.56 Å². The largest absolute Gasteiger partial charge is 0.396 e. The van der Waals surface area contributed by atoms with Gasteiger partial charge in [0.1, 0.15) is 5.82 Å². The van der Waals surface area contributed by atoms with Crippen molar-refractivity contribution in [3.63, 3.8) is 0 Å². The van der Waals surface area contributed by atoms with Crippen molar-refractivity contribution in [3.8, 4) is 16.9 Å². The molecule has 0 unspecified atom stereocenters. The molecule has 0 fully saturated rings. The lowest BCUT2D eigenvalue weighted by molar-refractivity contribution is 0.0941. The number of nitrogens with zero attached hydrogens (tertiary/aromatic N) is 3. The van der Waals surface area contributed by atoms with Crippen LogP contribution in [0, 0.1) is 11.7 Å². The predicted octanol–water partition coefficient (Wildman–Crippen LogP) is 3.96. The minimum absolute atomic E-state index is 0.00132. The van der Waals surface area contributed by atoms with Crippen LogP contribution in [-0.4, -0.2) is 41.4 Å². The van der Waals surface area contributed by atoms with E-state index in [0.29, 0.717) is 16.3 Å². The number of halogens is 2. The van der Waals surface area contributed by atoms with E-state index in [1.165, 1.54) is 30.3 Å². The monoisotopic (exact) mass is 443 g/mol. The zero-order valence-corrected chi connectivity index (χ0v) is 18.2. The van der Waals surface area contributed by atoms with Gasteiger partial charge in [0.15, 0.2) is 5.78 Å². The predicted molar refractivity (Wildman–Crippen MR) is 120 cm³/mol.